The molecule has 0 fully saturated rings. The molecule has 1 heterocycles. The van der Waals surface area contributed by atoms with Crippen LogP contribution in [0.5, 0.6) is 0 Å². The SMILES string of the molecule is Cc1ccccc1C(=O)NC(CC(C)C)C(=O)Nc1cnn(CCN(C)C)c1. The van der Waals surface area contributed by atoms with E-state index >= 15 is 0 Å². The number of likely N-dealkylation sites (N-methyl/N-ethyl adjacent to an activating group) is 1. The van der Waals surface area contributed by atoms with Gasteiger partial charge in [0.05, 0.1) is 18.4 Å². The van der Waals surface area contributed by atoms with Gasteiger partial charge in [0.15, 0.2) is 0 Å². The molecule has 0 spiro atoms. The van der Waals surface area contributed by atoms with Crippen molar-refractivity contribution < 1.29 is 9.59 Å². The Bertz CT molecular complexity index is 798. The van der Waals surface area contributed by atoms with Crippen molar-refractivity contribution in [1.82, 2.24) is 20.0 Å². The van der Waals surface area contributed by atoms with Crippen LogP contribution in [0, 0.1) is 12.8 Å². The van der Waals surface area contributed by atoms with Crippen LogP contribution in [-0.4, -0.2) is 53.2 Å². The van der Waals surface area contributed by atoms with Gasteiger partial charge in [-0.3, -0.25) is 14.3 Å². The number of hydrogen-bond donors (Lipinski definition) is 2. The molecule has 2 N–H and O–H groups in total. The number of nitrogens with zero attached hydrogens (tertiary/aromatic N) is 3. The largest absolute Gasteiger partial charge is 0.340 e. The summed E-state index contributed by atoms with van der Waals surface area (Å²) in [5.41, 5.74) is 2.09. The van der Waals surface area contributed by atoms with E-state index in [1.165, 1.54) is 0 Å². The first-order valence-electron chi connectivity index (χ1n) is 9.60. The number of nitrogens with one attached hydrogen (secondary N) is 2. The van der Waals surface area contributed by atoms with E-state index in [0.717, 1.165) is 18.7 Å². The fourth-order valence-corrected chi connectivity index (χ4v) is 2.85. The molecule has 2 amide bonds. The third kappa shape index (κ3) is 6.49. The lowest BCUT2D eigenvalue weighted by atomic mass is 10.0. The molecule has 7 nitrogen and oxygen atoms in total. The van der Waals surface area contributed by atoms with Gasteiger partial charge in [0, 0.05) is 18.3 Å². The van der Waals surface area contributed by atoms with Crippen LogP contribution in [0.1, 0.15) is 36.2 Å². The standard InChI is InChI=1S/C21H31N5O2/c1-15(2)12-19(24-20(27)18-9-7-6-8-16(18)3)21(28)23-17-13-22-26(14-17)11-10-25(4)5/h6-9,13-15,19H,10-12H2,1-5H3,(H,23,28)(H,24,27). The summed E-state index contributed by atoms with van der Waals surface area (Å²) in [5, 5.41) is 10.0. The maximum atomic E-state index is 12.8. The molecule has 0 aliphatic rings. The molecule has 1 aromatic heterocycles. The summed E-state index contributed by atoms with van der Waals surface area (Å²) in [6.45, 7) is 7.54. The number of benzene rings is 1. The van der Waals surface area contributed by atoms with Crippen molar-refractivity contribution in [2.24, 2.45) is 5.92 Å². The van der Waals surface area contributed by atoms with Crippen molar-refractivity contribution in [3.05, 3.63) is 47.8 Å². The Balaban J connectivity index is 2.04. The average Bonchev–Trinajstić information content (AvgIpc) is 3.06. The number of amides is 2. The third-order valence-electron chi connectivity index (χ3n) is 4.40. The lowest BCUT2D eigenvalue weighted by Gasteiger charge is -2.20. The van der Waals surface area contributed by atoms with Crippen LogP contribution in [-0.2, 0) is 11.3 Å². The van der Waals surface area contributed by atoms with E-state index in [2.05, 4.69) is 20.6 Å². The first kappa shape index (κ1) is 21.6. The molecule has 2 aromatic rings. The van der Waals surface area contributed by atoms with Crippen molar-refractivity contribution in [2.75, 3.05) is 26.0 Å². The van der Waals surface area contributed by atoms with Crippen LogP contribution >= 0.6 is 0 Å². The Morgan fingerprint density at radius 1 is 1.21 bits per heavy atom. The second-order valence-electron chi connectivity index (χ2n) is 7.76. The minimum absolute atomic E-state index is 0.234. The summed E-state index contributed by atoms with van der Waals surface area (Å²) in [7, 11) is 4.00. The lowest BCUT2D eigenvalue weighted by molar-refractivity contribution is -0.118. The number of aryl methyl sites for hydroxylation is 1. The molecule has 0 aliphatic carbocycles. The molecule has 0 radical (unpaired) electrons. The van der Waals surface area contributed by atoms with Gasteiger partial charge >= 0.3 is 0 Å². The van der Waals surface area contributed by atoms with Gasteiger partial charge in [-0.05, 0) is 45.0 Å². The van der Waals surface area contributed by atoms with Crippen molar-refractivity contribution in [1.29, 1.82) is 0 Å². The molecule has 0 bridgehead atoms. The predicted molar refractivity (Wildman–Crippen MR) is 111 cm³/mol. The number of carbonyl (C=O) groups is 2. The Hall–Kier alpha value is -2.67. The second-order valence-corrected chi connectivity index (χ2v) is 7.76. The van der Waals surface area contributed by atoms with E-state index in [-0.39, 0.29) is 17.7 Å². The predicted octanol–water partition coefficient (Wildman–Crippen LogP) is 2.54. The third-order valence-corrected chi connectivity index (χ3v) is 4.40. The molecule has 2 rings (SSSR count). The van der Waals surface area contributed by atoms with E-state index < -0.39 is 6.04 Å². The van der Waals surface area contributed by atoms with Crippen LogP contribution in [0.25, 0.3) is 0 Å². The van der Waals surface area contributed by atoms with Crippen LogP contribution < -0.4 is 10.6 Å². The number of carbonyl (C=O) groups excluding carboxylic acids is 2. The lowest BCUT2D eigenvalue weighted by Crippen LogP contribution is -2.44. The Kier molecular flexibility index (Phi) is 7.75. The van der Waals surface area contributed by atoms with Crippen molar-refractivity contribution in [3.63, 3.8) is 0 Å². The monoisotopic (exact) mass is 385 g/mol. The zero-order chi connectivity index (χ0) is 20.7. The van der Waals surface area contributed by atoms with Gasteiger partial charge in [-0.15, -0.1) is 0 Å². The molecule has 0 saturated heterocycles. The molecule has 152 valence electrons. The fraction of sp³-hybridized carbons (Fsp3) is 0.476. The van der Waals surface area contributed by atoms with Gasteiger partial charge < -0.3 is 15.5 Å². The van der Waals surface area contributed by atoms with Gasteiger partial charge in [-0.25, -0.2) is 0 Å². The van der Waals surface area contributed by atoms with Gasteiger partial charge in [-0.1, -0.05) is 32.0 Å². The highest BCUT2D eigenvalue weighted by Crippen LogP contribution is 2.12. The zero-order valence-electron chi connectivity index (χ0n) is 17.4. The minimum atomic E-state index is -0.614. The fourth-order valence-electron chi connectivity index (χ4n) is 2.85. The molecule has 1 aromatic carbocycles. The summed E-state index contributed by atoms with van der Waals surface area (Å²) in [6.07, 6.45) is 3.98. The number of hydrogen-bond acceptors (Lipinski definition) is 4. The average molecular weight is 386 g/mol. The normalized spacial score (nSPS) is 12.2. The van der Waals surface area contributed by atoms with Gasteiger partial charge in [0.25, 0.3) is 5.91 Å². The second kappa shape index (κ2) is 10.0. The molecular formula is C21H31N5O2. The summed E-state index contributed by atoms with van der Waals surface area (Å²) >= 11 is 0. The quantitative estimate of drug-likeness (QED) is 0.695. The van der Waals surface area contributed by atoms with Crippen molar-refractivity contribution >= 4 is 17.5 Å². The van der Waals surface area contributed by atoms with E-state index in [0.29, 0.717) is 17.7 Å². The van der Waals surface area contributed by atoms with Crippen molar-refractivity contribution in [3.8, 4) is 0 Å². The molecule has 1 atom stereocenters. The summed E-state index contributed by atoms with van der Waals surface area (Å²) in [5.74, 6) is -0.209. The van der Waals surface area contributed by atoms with Gasteiger partial charge in [0.1, 0.15) is 6.04 Å². The number of rotatable bonds is 9. The Labute approximate surface area is 167 Å². The van der Waals surface area contributed by atoms with Crippen molar-refractivity contribution in [2.45, 2.75) is 39.8 Å². The Morgan fingerprint density at radius 3 is 2.57 bits per heavy atom. The van der Waals surface area contributed by atoms with Gasteiger partial charge in [-0.2, -0.15) is 5.10 Å². The maximum absolute atomic E-state index is 12.8. The summed E-state index contributed by atoms with van der Waals surface area (Å²) < 4.78 is 1.79. The van der Waals surface area contributed by atoms with E-state index in [9.17, 15) is 9.59 Å². The number of aromatic nitrogens is 2. The molecule has 28 heavy (non-hydrogen) atoms. The van der Waals surface area contributed by atoms with E-state index in [4.69, 9.17) is 0 Å². The topological polar surface area (TPSA) is 79.3 Å². The van der Waals surface area contributed by atoms with Crippen LogP contribution in [0.2, 0.25) is 0 Å². The smallest absolute Gasteiger partial charge is 0.252 e. The summed E-state index contributed by atoms with van der Waals surface area (Å²) in [6, 6.07) is 6.75. The first-order valence-corrected chi connectivity index (χ1v) is 9.60. The summed E-state index contributed by atoms with van der Waals surface area (Å²) in [4.78, 5) is 27.5. The minimum Gasteiger partial charge on any atom is -0.340 e. The highest BCUT2D eigenvalue weighted by molar-refractivity contribution is 6.01. The molecule has 7 heteroatoms. The molecular weight excluding hydrogens is 354 g/mol. The van der Waals surface area contributed by atoms with Crippen LogP contribution in [0.3, 0.4) is 0 Å². The van der Waals surface area contributed by atoms with Gasteiger partial charge in [0.2, 0.25) is 5.91 Å². The zero-order valence-corrected chi connectivity index (χ0v) is 17.4. The highest BCUT2D eigenvalue weighted by Gasteiger charge is 2.23. The van der Waals surface area contributed by atoms with Crippen LogP contribution in [0.4, 0.5) is 5.69 Å². The maximum Gasteiger partial charge on any atom is 0.252 e. The van der Waals surface area contributed by atoms with E-state index in [1.54, 1.807) is 23.1 Å². The van der Waals surface area contributed by atoms with E-state index in [1.807, 2.05) is 53.1 Å². The molecule has 0 aliphatic heterocycles. The first-order chi connectivity index (χ1) is 13.3. The molecule has 1 unspecified atom stereocenters. The molecule has 0 saturated carbocycles. The van der Waals surface area contributed by atoms with Crippen LogP contribution in [0.15, 0.2) is 36.7 Å². The Morgan fingerprint density at radius 2 is 1.93 bits per heavy atom. The number of anilines is 1. The highest BCUT2D eigenvalue weighted by atomic mass is 16.2.